The number of anilines is 1. The maximum absolute atomic E-state index is 12.4. The van der Waals surface area contributed by atoms with Crippen LogP contribution in [0.1, 0.15) is 15.9 Å². The van der Waals surface area contributed by atoms with E-state index in [1.165, 1.54) is 28.8 Å². The van der Waals surface area contributed by atoms with Crippen molar-refractivity contribution < 1.29 is 18.1 Å². The number of non-ortho nitro benzene ring substituents is 1. The summed E-state index contributed by atoms with van der Waals surface area (Å²) in [4.78, 5) is 24.9. The Morgan fingerprint density at radius 1 is 1.10 bits per heavy atom. The molecule has 1 saturated heterocycles. The summed E-state index contributed by atoms with van der Waals surface area (Å²) in [6.07, 6.45) is 1.22. The largest absolute Gasteiger partial charge is 0.322 e. The van der Waals surface area contributed by atoms with Crippen molar-refractivity contribution in [1.29, 1.82) is 0 Å². The molecule has 1 N–H and O–H groups in total. The van der Waals surface area contributed by atoms with Crippen molar-refractivity contribution in [3.8, 4) is 0 Å². The SMILES string of the molecule is CS(=O)(=O)N1CCN(Cc2ccc(C(=O)Nc3cccc([N+](=O)[O-])c3)cc2)CC1. The number of nitrogens with zero attached hydrogens (tertiary/aromatic N) is 3. The predicted octanol–water partition coefficient (Wildman–Crippen LogP) is 1.92. The lowest BCUT2D eigenvalue weighted by atomic mass is 10.1. The molecule has 0 radical (unpaired) electrons. The van der Waals surface area contributed by atoms with Gasteiger partial charge in [-0.15, -0.1) is 0 Å². The maximum Gasteiger partial charge on any atom is 0.271 e. The number of hydrogen-bond acceptors (Lipinski definition) is 6. The first-order chi connectivity index (χ1) is 13.7. The summed E-state index contributed by atoms with van der Waals surface area (Å²) in [5.41, 5.74) is 1.73. The highest BCUT2D eigenvalue weighted by Gasteiger charge is 2.23. The molecule has 0 aromatic heterocycles. The first kappa shape index (κ1) is 20.9. The van der Waals surface area contributed by atoms with E-state index in [-0.39, 0.29) is 11.6 Å². The van der Waals surface area contributed by atoms with E-state index in [1.54, 1.807) is 18.2 Å². The third kappa shape index (κ3) is 5.59. The number of nitrogens with one attached hydrogen (secondary N) is 1. The number of sulfonamides is 1. The molecule has 10 heteroatoms. The topological polar surface area (TPSA) is 113 Å². The standard InChI is InChI=1S/C19H22N4O5S/c1-29(27,28)22-11-9-21(10-12-22)14-15-5-7-16(8-6-15)19(24)20-17-3-2-4-18(13-17)23(25)26/h2-8,13H,9-12,14H2,1H3,(H,20,24). The molecule has 0 spiro atoms. The first-order valence-corrected chi connectivity index (χ1v) is 10.9. The zero-order valence-corrected chi connectivity index (χ0v) is 16.8. The van der Waals surface area contributed by atoms with E-state index < -0.39 is 14.9 Å². The van der Waals surface area contributed by atoms with Gasteiger partial charge in [0.05, 0.1) is 11.2 Å². The van der Waals surface area contributed by atoms with Gasteiger partial charge in [0.2, 0.25) is 10.0 Å². The highest BCUT2D eigenvalue weighted by Crippen LogP contribution is 2.18. The molecule has 29 heavy (non-hydrogen) atoms. The van der Waals surface area contributed by atoms with Crippen molar-refractivity contribution in [3.05, 3.63) is 69.8 Å². The van der Waals surface area contributed by atoms with Crippen LogP contribution in [0.2, 0.25) is 0 Å². The zero-order valence-electron chi connectivity index (χ0n) is 15.9. The van der Waals surface area contributed by atoms with Crippen LogP contribution in [0.15, 0.2) is 48.5 Å². The minimum atomic E-state index is -3.15. The Bertz CT molecular complexity index is 1000. The Morgan fingerprint density at radius 3 is 2.34 bits per heavy atom. The molecule has 9 nitrogen and oxygen atoms in total. The number of benzene rings is 2. The summed E-state index contributed by atoms with van der Waals surface area (Å²) >= 11 is 0. The smallest absolute Gasteiger partial charge is 0.271 e. The fraction of sp³-hybridized carbons (Fsp3) is 0.316. The Balaban J connectivity index is 1.57. The maximum atomic E-state index is 12.4. The molecule has 154 valence electrons. The summed E-state index contributed by atoms with van der Waals surface area (Å²) in [6, 6.07) is 12.9. The third-order valence-corrected chi connectivity index (χ3v) is 6.04. The number of carbonyl (C=O) groups excluding carboxylic acids is 1. The van der Waals surface area contributed by atoms with E-state index in [0.717, 1.165) is 5.56 Å². The van der Waals surface area contributed by atoms with Crippen molar-refractivity contribution in [1.82, 2.24) is 9.21 Å². The van der Waals surface area contributed by atoms with Gasteiger partial charge in [-0.05, 0) is 23.8 Å². The van der Waals surface area contributed by atoms with Crippen LogP contribution < -0.4 is 5.32 Å². The van der Waals surface area contributed by atoms with Crippen molar-refractivity contribution in [2.24, 2.45) is 0 Å². The Morgan fingerprint density at radius 2 is 1.76 bits per heavy atom. The monoisotopic (exact) mass is 418 g/mol. The Hall–Kier alpha value is -2.82. The van der Waals surface area contributed by atoms with Gasteiger partial charge < -0.3 is 5.32 Å². The molecular formula is C19H22N4O5S. The average molecular weight is 418 g/mol. The zero-order chi connectivity index (χ0) is 21.0. The molecule has 1 heterocycles. The summed E-state index contributed by atoms with van der Waals surface area (Å²) < 4.78 is 24.6. The van der Waals surface area contributed by atoms with Crippen LogP contribution in [0.25, 0.3) is 0 Å². The molecule has 2 aromatic rings. The average Bonchev–Trinajstić information content (AvgIpc) is 2.68. The quantitative estimate of drug-likeness (QED) is 0.566. The van der Waals surface area contributed by atoms with Gasteiger partial charge in [-0.2, -0.15) is 4.31 Å². The highest BCUT2D eigenvalue weighted by atomic mass is 32.2. The summed E-state index contributed by atoms with van der Waals surface area (Å²) in [6.45, 7) is 2.93. The first-order valence-electron chi connectivity index (χ1n) is 9.04. The lowest BCUT2D eigenvalue weighted by molar-refractivity contribution is -0.384. The molecule has 1 aliphatic heterocycles. The molecule has 0 unspecified atom stereocenters. The van der Waals surface area contributed by atoms with Gasteiger partial charge >= 0.3 is 0 Å². The second-order valence-electron chi connectivity index (χ2n) is 6.90. The normalized spacial score (nSPS) is 15.8. The number of rotatable bonds is 6. The fourth-order valence-electron chi connectivity index (χ4n) is 3.14. The van der Waals surface area contributed by atoms with Gasteiger partial charge in [-0.1, -0.05) is 18.2 Å². The van der Waals surface area contributed by atoms with E-state index in [0.29, 0.717) is 44.0 Å². The lowest BCUT2D eigenvalue weighted by Crippen LogP contribution is -2.47. The summed E-state index contributed by atoms with van der Waals surface area (Å²) in [7, 11) is -3.15. The molecule has 0 saturated carbocycles. The van der Waals surface area contributed by atoms with Crippen LogP contribution >= 0.6 is 0 Å². The summed E-state index contributed by atoms with van der Waals surface area (Å²) in [5, 5.41) is 13.5. The second-order valence-corrected chi connectivity index (χ2v) is 8.88. The molecular weight excluding hydrogens is 396 g/mol. The molecule has 3 rings (SSSR count). The Kier molecular flexibility index (Phi) is 6.26. The molecule has 0 atom stereocenters. The number of carbonyl (C=O) groups is 1. The third-order valence-electron chi connectivity index (χ3n) is 4.74. The van der Waals surface area contributed by atoms with Crippen LogP contribution in [-0.2, 0) is 16.6 Å². The summed E-state index contributed by atoms with van der Waals surface area (Å²) in [5.74, 6) is -0.348. The Labute approximate surface area is 169 Å². The minimum Gasteiger partial charge on any atom is -0.322 e. The van der Waals surface area contributed by atoms with Gasteiger partial charge in [0.15, 0.2) is 0 Å². The number of nitro groups is 1. The number of nitro benzene ring substituents is 1. The predicted molar refractivity (Wildman–Crippen MR) is 109 cm³/mol. The van der Waals surface area contributed by atoms with Gasteiger partial charge in [0, 0.05) is 56.1 Å². The number of piperazine rings is 1. The van der Waals surface area contributed by atoms with Gasteiger partial charge in [0.25, 0.3) is 11.6 Å². The van der Waals surface area contributed by atoms with Crippen LogP contribution in [0.4, 0.5) is 11.4 Å². The molecule has 0 bridgehead atoms. The van der Waals surface area contributed by atoms with Crippen molar-refractivity contribution in [2.75, 3.05) is 37.8 Å². The second kappa shape index (κ2) is 8.68. The van der Waals surface area contributed by atoms with Gasteiger partial charge in [-0.3, -0.25) is 19.8 Å². The van der Waals surface area contributed by atoms with E-state index in [4.69, 9.17) is 0 Å². The van der Waals surface area contributed by atoms with Gasteiger partial charge in [0.1, 0.15) is 0 Å². The van der Waals surface area contributed by atoms with Crippen LogP contribution in [0.3, 0.4) is 0 Å². The van der Waals surface area contributed by atoms with Crippen molar-refractivity contribution in [2.45, 2.75) is 6.54 Å². The molecule has 1 aliphatic rings. The molecule has 0 aliphatic carbocycles. The van der Waals surface area contributed by atoms with E-state index in [9.17, 15) is 23.3 Å². The highest BCUT2D eigenvalue weighted by molar-refractivity contribution is 7.88. The van der Waals surface area contributed by atoms with Crippen LogP contribution in [0.5, 0.6) is 0 Å². The van der Waals surface area contributed by atoms with Gasteiger partial charge in [-0.25, -0.2) is 8.42 Å². The van der Waals surface area contributed by atoms with E-state index in [2.05, 4.69) is 10.2 Å². The molecule has 1 amide bonds. The number of amides is 1. The number of hydrogen-bond donors (Lipinski definition) is 1. The van der Waals surface area contributed by atoms with Crippen molar-refractivity contribution >= 4 is 27.3 Å². The minimum absolute atomic E-state index is 0.0888. The molecule has 2 aromatic carbocycles. The fourth-order valence-corrected chi connectivity index (χ4v) is 3.97. The lowest BCUT2D eigenvalue weighted by Gasteiger charge is -2.33. The van der Waals surface area contributed by atoms with E-state index in [1.807, 2.05) is 12.1 Å². The van der Waals surface area contributed by atoms with E-state index >= 15 is 0 Å². The molecule has 1 fully saturated rings. The van der Waals surface area contributed by atoms with Crippen LogP contribution in [0, 0.1) is 10.1 Å². The van der Waals surface area contributed by atoms with Crippen LogP contribution in [-0.4, -0.2) is 60.9 Å². The van der Waals surface area contributed by atoms with Crippen molar-refractivity contribution in [3.63, 3.8) is 0 Å².